The van der Waals surface area contributed by atoms with Crippen LogP contribution in [0.15, 0.2) is 6.20 Å². The Labute approximate surface area is 81.1 Å². The smallest absolute Gasteiger partial charge is 0.356 e. The van der Waals surface area contributed by atoms with Gasteiger partial charge in [0.25, 0.3) is 0 Å². The minimum Gasteiger partial charge on any atom is -0.476 e. The van der Waals surface area contributed by atoms with Crippen LogP contribution in [0.25, 0.3) is 0 Å². The molecule has 1 aromatic heterocycles. The van der Waals surface area contributed by atoms with Crippen LogP contribution in [0.3, 0.4) is 0 Å². The first-order valence-electron chi connectivity index (χ1n) is 3.93. The van der Waals surface area contributed by atoms with Crippen molar-refractivity contribution in [3.8, 4) is 0 Å². The molecular weight excluding hydrogens is 192 g/mol. The van der Waals surface area contributed by atoms with Crippen LogP contribution in [0.5, 0.6) is 0 Å². The average molecular weight is 203 g/mol. The van der Waals surface area contributed by atoms with Crippen molar-refractivity contribution in [3.63, 3.8) is 0 Å². The summed E-state index contributed by atoms with van der Waals surface area (Å²) >= 11 is 5.58. The van der Waals surface area contributed by atoms with Crippen LogP contribution in [0.1, 0.15) is 35.9 Å². The third kappa shape index (κ3) is 2.01. The zero-order valence-corrected chi connectivity index (χ0v) is 8.25. The van der Waals surface area contributed by atoms with E-state index in [2.05, 4.69) is 5.10 Å². The highest BCUT2D eigenvalue weighted by Gasteiger charge is 2.15. The minimum atomic E-state index is -1.03. The molecule has 13 heavy (non-hydrogen) atoms. The summed E-state index contributed by atoms with van der Waals surface area (Å²) in [5.41, 5.74) is 0.603. The molecule has 0 amide bonds. The van der Waals surface area contributed by atoms with E-state index in [1.165, 1.54) is 0 Å². The molecule has 5 heteroatoms. The molecule has 0 spiro atoms. The second-order valence-electron chi connectivity index (χ2n) is 3.02. The normalized spacial score (nSPS) is 10.8. The molecule has 4 nitrogen and oxygen atoms in total. The highest BCUT2D eigenvalue weighted by atomic mass is 35.5. The summed E-state index contributed by atoms with van der Waals surface area (Å²) in [6.45, 7) is 3.85. The van der Waals surface area contributed by atoms with E-state index in [0.717, 1.165) is 0 Å². The van der Waals surface area contributed by atoms with E-state index in [9.17, 15) is 4.79 Å². The molecule has 0 saturated carbocycles. The molecule has 1 rings (SSSR count). The van der Waals surface area contributed by atoms with Crippen LogP contribution in [-0.4, -0.2) is 20.9 Å². The standard InChI is InChI=1S/C8H11ClN2O2/c1-5(2)11-4-6(3-9)7(10-11)8(12)13/h4-5H,3H2,1-2H3,(H,12,13). The summed E-state index contributed by atoms with van der Waals surface area (Å²) < 4.78 is 1.60. The third-order valence-corrected chi connectivity index (χ3v) is 1.97. The van der Waals surface area contributed by atoms with Crippen molar-refractivity contribution in [2.45, 2.75) is 25.8 Å². The van der Waals surface area contributed by atoms with Gasteiger partial charge in [0.1, 0.15) is 0 Å². The van der Waals surface area contributed by atoms with Gasteiger partial charge in [-0.25, -0.2) is 4.79 Å². The Morgan fingerprint density at radius 1 is 1.77 bits per heavy atom. The van der Waals surface area contributed by atoms with Crippen molar-refractivity contribution in [2.24, 2.45) is 0 Å². The largest absolute Gasteiger partial charge is 0.476 e. The van der Waals surface area contributed by atoms with Crippen molar-refractivity contribution in [2.75, 3.05) is 0 Å². The topological polar surface area (TPSA) is 55.1 Å². The molecule has 0 aliphatic carbocycles. The molecule has 72 valence electrons. The number of hydrogen-bond acceptors (Lipinski definition) is 2. The average Bonchev–Trinajstić information content (AvgIpc) is 2.47. The second-order valence-corrected chi connectivity index (χ2v) is 3.28. The molecule has 0 radical (unpaired) electrons. The minimum absolute atomic E-state index is 0.0451. The number of aromatic carboxylic acids is 1. The molecule has 1 aromatic rings. The highest BCUT2D eigenvalue weighted by Crippen LogP contribution is 2.13. The van der Waals surface area contributed by atoms with E-state index >= 15 is 0 Å². The highest BCUT2D eigenvalue weighted by molar-refractivity contribution is 6.17. The Balaban J connectivity index is 3.11. The van der Waals surface area contributed by atoms with Crippen LogP contribution < -0.4 is 0 Å². The van der Waals surface area contributed by atoms with Crippen molar-refractivity contribution >= 4 is 17.6 Å². The zero-order chi connectivity index (χ0) is 10.0. The van der Waals surface area contributed by atoms with Gasteiger partial charge in [-0.15, -0.1) is 11.6 Å². The number of carbonyl (C=O) groups is 1. The number of hydrogen-bond donors (Lipinski definition) is 1. The molecule has 0 saturated heterocycles. The maximum atomic E-state index is 10.7. The van der Waals surface area contributed by atoms with E-state index < -0.39 is 5.97 Å². The number of alkyl halides is 1. The van der Waals surface area contributed by atoms with Gasteiger partial charge in [0, 0.05) is 17.8 Å². The van der Waals surface area contributed by atoms with E-state index in [1.807, 2.05) is 13.8 Å². The molecule has 0 atom stereocenters. The molecule has 0 fully saturated rings. The Bertz CT molecular complexity index is 320. The number of carboxylic acids is 1. The lowest BCUT2D eigenvalue weighted by molar-refractivity contribution is 0.0688. The van der Waals surface area contributed by atoms with Crippen LogP contribution in [0.2, 0.25) is 0 Å². The van der Waals surface area contributed by atoms with Gasteiger partial charge < -0.3 is 5.11 Å². The Hall–Kier alpha value is -1.03. The lowest BCUT2D eigenvalue weighted by atomic mass is 10.3. The van der Waals surface area contributed by atoms with Gasteiger partial charge in [-0.3, -0.25) is 4.68 Å². The quantitative estimate of drug-likeness (QED) is 0.762. The van der Waals surface area contributed by atoms with Gasteiger partial charge in [-0.05, 0) is 13.8 Å². The van der Waals surface area contributed by atoms with E-state index in [1.54, 1.807) is 10.9 Å². The van der Waals surface area contributed by atoms with Gasteiger partial charge in [0.15, 0.2) is 5.69 Å². The predicted molar refractivity (Wildman–Crippen MR) is 49.1 cm³/mol. The van der Waals surface area contributed by atoms with E-state index in [4.69, 9.17) is 16.7 Å². The first-order valence-corrected chi connectivity index (χ1v) is 4.47. The number of carboxylic acid groups (broad SMARTS) is 1. The van der Waals surface area contributed by atoms with Crippen LogP contribution >= 0.6 is 11.6 Å². The Morgan fingerprint density at radius 2 is 2.38 bits per heavy atom. The first-order chi connectivity index (χ1) is 6.06. The molecule has 0 unspecified atom stereocenters. The molecule has 1 N–H and O–H groups in total. The maximum Gasteiger partial charge on any atom is 0.356 e. The fourth-order valence-corrected chi connectivity index (χ4v) is 1.17. The van der Waals surface area contributed by atoms with Gasteiger partial charge in [0.2, 0.25) is 0 Å². The monoisotopic (exact) mass is 202 g/mol. The second kappa shape index (κ2) is 3.79. The zero-order valence-electron chi connectivity index (χ0n) is 7.49. The van der Waals surface area contributed by atoms with Gasteiger partial charge in [-0.1, -0.05) is 0 Å². The summed E-state index contributed by atoms with van der Waals surface area (Å²) in [7, 11) is 0. The number of aromatic nitrogens is 2. The molecule has 0 aromatic carbocycles. The maximum absolute atomic E-state index is 10.7. The molecule has 0 aliphatic heterocycles. The SMILES string of the molecule is CC(C)n1cc(CCl)c(C(=O)O)n1. The summed E-state index contributed by atoms with van der Waals surface area (Å²) in [6, 6.07) is 0.148. The Morgan fingerprint density at radius 3 is 2.69 bits per heavy atom. The summed E-state index contributed by atoms with van der Waals surface area (Å²) in [5.74, 6) is -0.857. The van der Waals surface area contributed by atoms with Crippen molar-refractivity contribution in [1.82, 2.24) is 9.78 Å². The fourth-order valence-electron chi connectivity index (χ4n) is 0.972. The Kier molecular flexibility index (Phi) is 2.93. The van der Waals surface area contributed by atoms with E-state index in [0.29, 0.717) is 5.56 Å². The molecule has 1 heterocycles. The fraction of sp³-hybridized carbons (Fsp3) is 0.500. The number of rotatable bonds is 3. The summed E-state index contributed by atoms with van der Waals surface area (Å²) in [4.78, 5) is 10.7. The number of halogens is 1. The summed E-state index contributed by atoms with van der Waals surface area (Å²) in [6.07, 6.45) is 1.67. The molecule has 0 bridgehead atoms. The predicted octanol–water partition coefficient (Wildman–Crippen LogP) is 1.90. The van der Waals surface area contributed by atoms with Crippen molar-refractivity contribution in [3.05, 3.63) is 17.5 Å². The van der Waals surface area contributed by atoms with Crippen LogP contribution in [0.4, 0.5) is 0 Å². The van der Waals surface area contributed by atoms with Crippen LogP contribution in [0, 0.1) is 0 Å². The first kappa shape index (κ1) is 10.1. The lowest BCUT2D eigenvalue weighted by Gasteiger charge is -2.02. The van der Waals surface area contributed by atoms with Crippen LogP contribution in [-0.2, 0) is 5.88 Å². The van der Waals surface area contributed by atoms with Crippen molar-refractivity contribution < 1.29 is 9.90 Å². The molecular formula is C8H11ClN2O2. The van der Waals surface area contributed by atoms with Gasteiger partial charge >= 0.3 is 5.97 Å². The van der Waals surface area contributed by atoms with Gasteiger partial charge in [-0.2, -0.15) is 5.10 Å². The van der Waals surface area contributed by atoms with Crippen molar-refractivity contribution in [1.29, 1.82) is 0 Å². The number of nitrogens with zero attached hydrogens (tertiary/aromatic N) is 2. The van der Waals surface area contributed by atoms with E-state index in [-0.39, 0.29) is 17.6 Å². The lowest BCUT2D eigenvalue weighted by Crippen LogP contribution is -2.04. The molecule has 0 aliphatic rings. The van der Waals surface area contributed by atoms with Gasteiger partial charge in [0.05, 0.1) is 5.88 Å². The summed E-state index contributed by atoms with van der Waals surface area (Å²) in [5, 5.41) is 12.7. The third-order valence-electron chi connectivity index (χ3n) is 1.68.